The number of carbonyl (C=O) groups excluding carboxylic acids is 2. The highest BCUT2D eigenvalue weighted by Crippen LogP contribution is 2.13. The first kappa shape index (κ1) is 12.8. The average molecular weight is 234 g/mol. The summed E-state index contributed by atoms with van der Waals surface area (Å²) in [4.78, 5) is 22.2. The van der Waals surface area contributed by atoms with Crippen LogP contribution in [0.5, 0.6) is 5.75 Å². The zero-order valence-corrected chi connectivity index (χ0v) is 9.27. The van der Waals surface area contributed by atoms with Crippen LogP contribution in [-0.2, 0) is 4.79 Å². The zero-order valence-electron chi connectivity index (χ0n) is 9.27. The van der Waals surface area contributed by atoms with E-state index in [0.717, 1.165) is 0 Å². The van der Waals surface area contributed by atoms with Gasteiger partial charge in [0.1, 0.15) is 5.75 Å². The fourth-order valence-electron chi connectivity index (χ4n) is 1.12. The van der Waals surface area contributed by atoms with Crippen molar-refractivity contribution in [2.24, 2.45) is 0 Å². The lowest BCUT2D eigenvalue weighted by atomic mass is 10.3. The number of carbonyl (C=O) groups is 2. The summed E-state index contributed by atoms with van der Waals surface area (Å²) < 4.78 is 0. The fourth-order valence-corrected chi connectivity index (χ4v) is 1.12. The third-order valence-corrected chi connectivity index (χ3v) is 2.01. The molecule has 0 bridgehead atoms. The Hall–Kier alpha value is -2.30. The Morgan fingerprint density at radius 3 is 2.53 bits per heavy atom. The van der Waals surface area contributed by atoms with Gasteiger partial charge >= 0.3 is 6.03 Å². The number of rotatable bonds is 5. The van der Waals surface area contributed by atoms with Gasteiger partial charge in [0.05, 0.1) is 0 Å². The highest BCUT2D eigenvalue weighted by molar-refractivity contribution is 5.91. The largest absolute Gasteiger partial charge is 0.508 e. The lowest BCUT2D eigenvalue weighted by molar-refractivity contribution is -0.114. The second kappa shape index (κ2) is 6.32. The number of hydrogen-bond acceptors (Lipinski definition) is 3. The summed E-state index contributed by atoms with van der Waals surface area (Å²) in [7, 11) is 0. The molecule has 5 nitrogen and oxygen atoms in total. The van der Waals surface area contributed by atoms with E-state index in [1.165, 1.54) is 18.2 Å². The summed E-state index contributed by atoms with van der Waals surface area (Å²) in [6.07, 6.45) is 1.45. The molecule has 5 heteroatoms. The Bertz CT molecular complexity index is 412. The number of urea groups is 1. The second-order valence-electron chi connectivity index (χ2n) is 3.35. The number of amides is 2. The maximum Gasteiger partial charge on any atom is 0.319 e. The van der Waals surface area contributed by atoms with Gasteiger partial charge in [0.25, 0.3) is 0 Å². The standard InChI is InChI=1S/C12H14N2O3/c1-2-10(15)7-8-13-12(17)14-9-3-5-11(16)6-4-9/h2-6,16H,1,7-8H2,(H2,13,14,17). The van der Waals surface area contributed by atoms with Crippen LogP contribution in [0.4, 0.5) is 10.5 Å². The molecule has 0 radical (unpaired) electrons. The smallest absolute Gasteiger partial charge is 0.319 e. The molecule has 17 heavy (non-hydrogen) atoms. The highest BCUT2D eigenvalue weighted by Gasteiger charge is 2.02. The summed E-state index contributed by atoms with van der Waals surface area (Å²) in [5.41, 5.74) is 0.565. The molecule has 0 unspecified atom stereocenters. The van der Waals surface area contributed by atoms with Crippen molar-refractivity contribution >= 4 is 17.5 Å². The molecule has 0 heterocycles. The summed E-state index contributed by atoms with van der Waals surface area (Å²) in [5.74, 6) is 0.0162. The van der Waals surface area contributed by atoms with Crippen LogP contribution in [0.1, 0.15) is 6.42 Å². The Morgan fingerprint density at radius 1 is 1.29 bits per heavy atom. The number of phenols is 1. The van der Waals surface area contributed by atoms with Crippen LogP contribution >= 0.6 is 0 Å². The molecule has 0 aliphatic rings. The number of hydrogen-bond donors (Lipinski definition) is 3. The van der Waals surface area contributed by atoms with Gasteiger partial charge < -0.3 is 15.7 Å². The van der Waals surface area contributed by atoms with E-state index in [4.69, 9.17) is 5.11 Å². The molecule has 3 N–H and O–H groups in total. The van der Waals surface area contributed by atoms with Crippen LogP contribution in [0.25, 0.3) is 0 Å². The van der Waals surface area contributed by atoms with Crippen LogP contribution in [0, 0.1) is 0 Å². The van der Waals surface area contributed by atoms with E-state index in [2.05, 4.69) is 17.2 Å². The molecular weight excluding hydrogens is 220 g/mol. The van der Waals surface area contributed by atoms with Crippen molar-refractivity contribution in [2.75, 3.05) is 11.9 Å². The number of allylic oxidation sites excluding steroid dienone is 1. The van der Waals surface area contributed by atoms with E-state index in [1.54, 1.807) is 12.1 Å². The lowest BCUT2D eigenvalue weighted by Gasteiger charge is -2.06. The Morgan fingerprint density at radius 2 is 1.94 bits per heavy atom. The minimum absolute atomic E-state index is 0.116. The molecule has 0 aromatic heterocycles. The maximum absolute atomic E-state index is 11.3. The van der Waals surface area contributed by atoms with Gasteiger partial charge in [-0.2, -0.15) is 0 Å². The van der Waals surface area contributed by atoms with Gasteiger partial charge in [0.15, 0.2) is 5.78 Å². The van der Waals surface area contributed by atoms with E-state index in [9.17, 15) is 9.59 Å². The zero-order chi connectivity index (χ0) is 12.7. The molecule has 0 aliphatic heterocycles. The number of benzene rings is 1. The fraction of sp³-hybridized carbons (Fsp3) is 0.167. The Kier molecular flexibility index (Phi) is 4.75. The third kappa shape index (κ3) is 4.83. The van der Waals surface area contributed by atoms with E-state index < -0.39 is 6.03 Å². The highest BCUT2D eigenvalue weighted by atomic mass is 16.3. The van der Waals surface area contributed by atoms with Crippen molar-refractivity contribution in [3.63, 3.8) is 0 Å². The van der Waals surface area contributed by atoms with Crippen molar-refractivity contribution in [2.45, 2.75) is 6.42 Å². The Labute approximate surface area is 99.1 Å². The SMILES string of the molecule is C=CC(=O)CCNC(=O)Nc1ccc(O)cc1. The van der Waals surface area contributed by atoms with E-state index in [-0.39, 0.29) is 24.5 Å². The molecule has 0 aliphatic carbocycles. The van der Waals surface area contributed by atoms with Crippen molar-refractivity contribution < 1.29 is 14.7 Å². The minimum atomic E-state index is -0.396. The van der Waals surface area contributed by atoms with Crippen molar-refractivity contribution in [3.05, 3.63) is 36.9 Å². The van der Waals surface area contributed by atoms with Gasteiger partial charge in [0.2, 0.25) is 0 Å². The van der Waals surface area contributed by atoms with Gasteiger partial charge in [0, 0.05) is 18.7 Å². The summed E-state index contributed by atoms with van der Waals surface area (Å²) >= 11 is 0. The molecule has 1 aromatic carbocycles. The van der Waals surface area contributed by atoms with Gasteiger partial charge in [-0.1, -0.05) is 6.58 Å². The monoisotopic (exact) mass is 234 g/mol. The number of aromatic hydroxyl groups is 1. The summed E-state index contributed by atoms with van der Waals surface area (Å²) in [5, 5.41) is 14.1. The molecule has 1 aromatic rings. The quantitative estimate of drug-likeness (QED) is 0.535. The predicted molar refractivity (Wildman–Crippen MR) is 64.9 cm³/mol. The van der Waals surface area contributed by atoms with E-state index in [0.29, 0.717) is 5.69 Å². The molecule has 90 valence electrons. The number of phenolic OH excluding ortho intramolecular Hbond substituents is 1. The lowest BCUT2D eigenvalue weighted by Crippen LogP contribution is -2.30. The molecule has 0 atom stereocenters. The average Bonchev–Trinajstić information content (AvgIpc) is 2.32. The van der Waals surface area contributed by atoms with Crippen molar-refractivity contribution in [1.29, 1.82) is 0 Å². The predicted octanol–water partition coefficient (Wildman–Crippen LogP) is 1.66. The van der Waals surface area contributed by atoms with Crippen LogP contribution in [0.15, 0.2) is 36.9 Å². The molecule has 0 fully saturated rings. The first-order chi connectivity index (χ1) is 8.11. The number of anilines is 1. The molecule has 2 amide bonds. The van der Waals surface area contributed by atoms with E-state index >= 15 is 0 Å². The third-order valence-electron chi connectivity index (χ3n) is 2.01. The second-order valence-corrected chi connectivity index (χ2v) is 3.35. The number of nitrogens with one attached hydrogen (secondary N) is 2. The van der Waals surface area contributed by atoms with Crippen LogP contribution < -0.4 is 10.6 Å². The topological polar surface area (TPSA) is 78.4 Å². The van der Waals surface area contributed by atoms with Crippen LogP contribution in [0.3, 0.4) is 0 Å². The normalized spacial score (nSPS) is 9.41. The first-order valence-electron chi connectivity index (χ1n) is 5.11. The van der Waals surface area contributed by atoms with Gasteiger partial charge in [-0.15, -0.1) is 0 Å². The Balaban J connectivity index is 2.32. The van der Waals surface area contributed by atoms with Crippen LogP contribution in [-0.4, -0.2) is 23.5 Å². The maximum atomic E-state index is 11.3. The summed E-state index contributed by atoms with van der Waals surface area (Å²) in [6, 6.07) is 5.69. The van der Waals surface area contributed by atoms with Crippen LogP contribution in [0.2, 0.25) is 0 Å². The first-order valence-corrected chi connectivity index (χ1v) is 5.11. The van der Waals surface area contributed by atoms with Crippen molar-refractivity contribution in [3.8, 4) is 5.75 Å². The summed E-state index contributed by atoms with van der Waals surface area (Å²) in [6.45, 7) is 3.59. The molecule has 0 saturated carbocycles. The van der Waals surface area contributed by atoms with Gasteiger partial charge in [-0.05, 0) is 30.3 Å². The minimum Gasteiger partial charge on any atom is -0.508 e. The molecular formula is C12H14N2O3. The van der Waals surface area contributed by atoms with Crippen molar-refractivity contribution in [1.82, 2.24) is 5.32 Å². The van der Waals surface area contributed by atoms with Gasteiger partial charge in [-0.3, -0.25) is 4.79 Å². The van der Waals surface area contributed by atoms with E-state index in [1.807, 2.05) is 0 Å². The number of ketones is 1. The molecule has 0 spiro atoms. The van der Waals surface area contributed by atoms with Gasteiger partial charge in [-0.25, -0.2) is 4.79 Å². The molecule has 1 rings (SSSR count). The molecule has 0 saturated heterocycles.